The van der Waals surface area contributed by atoms with Crippen LogP contribution in [0.4, 0.5) is 17.1 Å². The summed E-state index contributed by atoms with van der Waals surface area (Å²) in [5.41, 5.74) is 3.44. The number of methoxy groups -OCH3 is 2. The summed E-state index contributed by atoms with van der Waals surface area (Å²) >= 11 is 0. The van der Waals surface area contributed by atoms with Crippen molar-refractivity contribution in [3.05, 3.63) is 88.0 Å². The van der Waals surface area contributed by atoms with E-state index in [-0.39, 0.29) is 16.3 Å². The first-order chi connectivity index (χ1) is 16.2. The number of hydrazone groups is 1. The maximum absolute atomic E-state index is 13.0. The Balaban J connectivity index is 1.86. The lowest BCUT2D eigenvalue weighted by Crippen LogP contribution is -2.15. The van der Waals surface area contributed by atoms with Gasteiger partial charge in [-0.1, -0.05) is 12.1 Å². The lowest BCUT2D eigenvalue weighted by molar-refractivity contribution is -0.385. The third-order valence-electron chi connectivity index (χ3n) is 4.54. The van der Waals surface area contributed by atoms with Crippen LogP contribution in [0.5, 0.6) is 5.75 Å². The zero-order chi connectivity index (χ0) is 24.7. The lowest BCUT2D eigenvalue weighted by atomic mass is 10.1. The maximum atomic E-state index is 13.0. The minimum atomic E-state index is -4.22. The summed E-state index contributed by atoms with van der Waals surface area (Å²) in [4.78, 5) is 21.7. The van der Waals surface area contributed by atoms with Gasteiger partial charge < -0.3 is 9.47 Å². The number of benzene rings is 3. The number of nitrogens with zero attached hydrogens (tertiary/aromatic N) is 2. The van der Waals surface area contributed by atoms with Gasteiger partial charge in [0.05, 0.1) is 36.6 Å². The first-order valence-electron chi connectivity index (χ1n) is 9.66. The largest absolute Gasteiger partial charge is 0.497 e. The Kier molecular flexibility index (Phi) is 7.43. The number of carbonyl (C=O) groups excluding carboxylic acids is 1. The van der Waals surface area contributed by atoms with E-state index < -0.39 is 26.6 Å². The molecule has 0 fully saturated rings. The Labute approximate surface area is 195 Å². The van der Waals surface area contributed by atoms with Crippen LogP contribution >= 0.6 is 0 Å². The monoisotopic (exact) mass is 484 g/mol. The second kappa shape index (κ2) is 10.4. The fourth-order valence-corrected chi connectivity index (χ4v) is 4.04. The summed E-state index contributed by atoms with van der Waals surface area (Å²) in [5.74, 6) is 0.0568. The first kappa shape index (κ1) is 24.2. The van der Waals surface area contributed by atoms with E-state index in [0.29, 0.717) is 16.9 Å². The van der Waals surface area contributed by atoms with Crippen LogP contribution in [0, 0.1) is 10.1 Å². The Morgan fingerprint density at radius 1 is 1.03 bits per heavy atom. The summed E-state index contributed by atoms with van der Waals surface area (Å²) in [7, 11) is -1.46. The predicted molar refractivity (Wildman–Crippen MR) is 126 cm³/mol. The molecule has 12 heteroatoms. The third-order valence-corrected chi connectivity index (χ3v) is 5.96. The number of sulfonamides is 1. The second-order valence-corrected chi connectivity index (χ2v) is 8.41. The number of nitro benzene ring substituents is 1. The van der Waals surface area contributed by atoms with E-state index in [2.05, 4.69) is 20.0 Å². The zero-order valence-corrected chi connectivity index (χ0v) is 18.9. The Morgan fingerprint density at radius 3 is 2.29 bits per heavy atom. The molecule has 3 aromatic carbocycles. The fraction of sp³-hybridized carbons (Fsp3) is 0.0909. The van der Waals surface area contributed by atoms with Crippen LogP contribution in [0.2, 0.25) is 0 Å². The Bertz CT molecular complexity index is 1320. The van der Waals surface area contributed by atoms with Crippen molar-refractivity contribution >= 4 is 39.3 Å². The summed E-state index contributed by atoms with van der Waals surface area (Å²) in [6.45, 7) is 0. The van der Waals surface area contributed by atoms with Gasteiger partial charge in [-0.2, -0.15) is 5.10 Å². The normalized spacial score (nSPS) is 11.1. The van der Waals surface area contributed by atoms with E-state index in [1.807, 2.05) is 0 Å². The highest BCUT2D eigenvalue weighted by Crippen LogP contribution is 2.28. The molecule has 176 valence electrons. The van der Waals surface area contributed by atoms with E-state index >= 15 is 0 Å². The summed E-state index contributed by atoms with van der Waals surface area (Å²) in [5, 5.41) is 15.2. The van der Waals surface area contributed by atoms with Crippen LogP contribution in [0.3, 0.4) is 0 Å². The van der Waals surface area contributed by atoms with Crippen LogP contribution < -0.4 is 14.9 Å². The van der Waals surface area contributed by atoms with Gasteiger partial charge in [-0.15, -0.1) is 0 Å². The quantitative estimate of drug-likeness (QED) is 0.202. The molecule has 3 aromatic rings. The third kappa shape index (κ3) is 5.86. The molecule has 0 spiro atoms. The van der Waals surface area contributed by atoms with E-state index in [4.69, 9.17) is 4.74 Å². The molecular weight excluding hydrogens is 464 g/mol. The number of ether oxygens (including phenoxy) is 2. The molecule has 11 nitrogen and oxygen atoms in total. The molecule has 0 atom stereocenters. The first-order valence-corrected chi connectivity index (χ1v) is 11.1. The van der Waals surface area contributed by atoms with Crippen molar-refractivity contribution in [3.63, 3.8) is 0 Å². The average Bonchev–Trinajstić information content (AvgIpc) is 2.84. The number of anilines is 2. The van der Waals surface area contributed by atoms with Crippen molar-refractivity contribution in [2.45, 2.75) is 4.90 Å². The van der Waals surface area contributed by atoms with Gasteiger partial charge in [-0.25, -0.2) is 13.2 Å². The molecule has 0 aliphatic rings. The van der Waals surface area contributed by atoms with Crippen molar-refractivity contribution in [3.8, 4) is 5.75 Å². The average molecular weight is 484 g/mol. The molecule has 0 unspecified atom stereocenters. The van der Waals surface area contributed by atoms with Gasteiger partial charge in [0, 0.05) is 17.8 Å². The summed E-state index contributed by atoms with van der Waals surface area (Å²) < 4.78 is 38.1. The summed E-state index contributed by atoms with van der Waals surface area (Å²) in [6, 6.07) is 15.8. The summed E-state index contributed by atoms with van der Waals surface area (Å²) in [6.07, 6.45) is 1.40. The molecule has 3 rings (SSSR count). The zero-order valence-electron chi connectivity index (χ0n) is 18.1. The van der Waals surface area contributed by atoms with Gasteiger partial charge in [0.1, 0.15) is 10.6 Å². The molecule has 0 aromatic heterocycles. The smallest absolute Gasteiger partial charge is 0.337 e. The molecular formula is C22H20N4O7S. The Morgan fingerprint density at radius 2 is 1.71 bits per heavy atom. The van der Waals surface area contributed by atoms with Gasteiger partial charge in [-0.05, 0) is 48.0 Å². The molecule has 0 amide bonds. The van der Waals surface area contributed by atoms with Crippen LogP contribution in [0.25, 0.3) is 0 Å². The second-order valence-electron chi connectivity index (χ2n) is 6.76. The number of rotatable bonds is 9. The van der Waals surface area contributed by atoms with Crippen molar-refractivity contribution in [1.82, 2.24) is 0 Å². The van der Waals surface area contributed by atoms with Crippen LogP contribution in [0.15, 0.2) is 76.7 Å². The molecule has 0 saturated carbocycles. The van der Waals surface area contributed by atoms with Crippen LogP contribution in [-0.2, 0) is 14.8 Å². The minimum Gasteiger partial charge on any atom is -0.497 e. The minimum absolute atomic E-state index is 0.0223. The molecule has 0 heterocycles. The topological polar surface area (TPSA) is 149 Å². The van der Waals surface area contributed by atoms with Crippen LogP contribution in [0.1, 0.15) is 15.9 Å². The number of non-ortho nitro benzene ring substituents is 1. The number of nitro groups is 1. The highest BCUT2D eigenvalue weighted by Gasteiger charge is 2.22. The number of carbonyl (C=O) groups is 1. The number of hydrogen-bond donors (Lipinski definition) is 2. The SMILES string of the molecule is COC(=O)c1ccc(/C=N\Nc2ccc([N+](=O)[O-])cc2S(=O)(=O)Nc2ccc(OC)cc2)cc1. The highest BCUT2D eigenvalue weighted by atomic mass is 32.2. The van der Waals surface area contributed by atoms with Gasteiger partial charge in [-0.3, -0.25) is 20.3 Å². The molecule has 0 bridgehead atoms. The molecule has 0 aliphatic carbocycles. The molecule has 0 radical (unpaired) electrons. The van der Waals surface area contributed by atoms with Crippen molar-refractivity contribution in [1.29, 1.82) is 0 Å². The number of nitrogens with one attached hydrogen (secondary N) is 2. The van der Waals surface area contributed by atoms with E-state index in [1.54, 1.807) is 36.4 Å². The fourth-order valence-electron chi connectivity index (χ4n) is 2.81. The van der Waals surface area contributed by atoms with Gasteiger partial charge in [0.15, 0.2) is 0 Å². The Hall–Kier alpha value is -4.45. The van der Waals surface area contributed by atoms with Gasteiger partial charge in [0.2, 0.25) is 0 Å². The van der Waals surface area contributed by atoms with Gasteiger partial charge >= 0.3 is 5.97 Å². The molecule has 0 aliphatic heterocycles. The molecule has 34 heavy (non-hydrogen) atoms. The van der Waals surface area contributed by atoms with Crippen molar-refractivity contribution < 1.29 is 27.6 Å². The lowest BCUT2D eigenvalue weighted by Gasteiger charge is -2.12. The number of esters is 1. The molecule has 2 N–H and O–H groups in total. The van der Waals surface area contributed by atoms with Gasteiger partial charge in [0.25, 0.3) is 15.7 Å². The maximum Gasteiger partial charge on any atom is 0.337 e. The van der Waals surface area contributed by atoms with Crippen molar-refractivity contribution in [2.75, 3.05) is 24.4 Å². The van der Waals surface area contributed by atoms with E-state index in [9.17, 15) is 23.3 Å². The standard InChI is InChI=1S/C22H20N4O7S/c1-32-19-10-7-17(8-11-19)25-34(30,31)21-13-18(26(28)29)9-12-20(21)24-23-14-15-3-5-16(6-4-15)22(27)33-2/h3-14,24-25H,1-2H3/b23-14-. The van der Waals surface area contributed by atoms with Crippen LogP contribution in [-0.4, -0.2) is 39.7 Å². The molecule has 0 saturated heterocycles. The van der Waals surface area contributed by atoms with Crippen molar-refractivity contribution in [2.24, 2.45) is 5.10 Å². The van der Waals surface area contributed by atoms with E-state index in [1.165, 1.54) is 38.6 Å². The number of hydrogen-bond acceptors (Lipinski definition) is 9. The highest BCUT2D eigenvalue weighted by molar-refractivity contribution is 7.92. The van der Waals surface area contributed by atoms with E-state index in [0.717, 1.165) is 12.1 Å². The predicted octanol–water partition coefficient (Wildman–Crippen LogP) is 3.64.